The smallest absolute Gasteiger partial charge is 0.253 e. The Bertz CT molecular complexity index is 381. The molecule has 1 saturated carbocycles. The molecule has 0 heterocycles. The highest BCUT2D eigenvalue weighted by Gasteiger charge is 2.32. The van der Waals surface area contributed by atoms with Crippen LogP contribution in [0.2, 0.25) is 0 Å². The van der Waals surface area contributed by atoms with Crippen LogP contribution in [0, 0.1) is 5.92 Å². The molecule has 1 aromatic rings. The topological polar surface area (TPSA) is 46.3 Å². The van der Waals surface area contributed by atoms with Gasteiger partial charge in [0, 0.05) is 24.3 Å². The minimum Gasteiger partial charge on any atom is -0.399 e. The molecular formula is C13H18N2O. The molecule has 0 aromatic heterocycles. The van der Waals surface area contributed by atoms with Gasteiger partial charge >= 0.3 is 0 Å². The highest BCUT2D eigenvalue weighted by Crippen LogP contribution is 2.35. The lowest BCUT2D eigenvalue weighted by Gasteiger charge is -2.24. The second kappa shape index (κ2) is 4.16. The van der Waals surface area contributed by atoms with Crippen LogP contribution in [0.5, 0.6) is 0 Å². The summed E-state index contributed by atoms with van der Waals surface area (Å²) in [6, 6.07) is 7.44. The average molecular weight is 218 g/mol. The molecule has 1 fully saturated rings. The number of nitrogen functional groups attached to an aromatic ring is 1. The van der Waals surface area contributed by atoms with E-state index in [1.807, 2.05) is 11.9 Å². The van der Waals surface area contributed by atoms with Crippen molar-refractivity contribution in [1.29, 1.82) is 0 Å². The van der Waals surface area contributed by atoms with Gasteiger partial charge in [0.05, 0.1) is 0 Å². The van der Waals surface area contributed by atoms with E-state index < -0.39 is 0 Å². The number of nitrogens with two attached hydrogens (primary N) is 1. The van der Waals surface area contributed by atoms with Gasteiger partial charge in [-0.1, -0.05) is 0 Å². The first-order valence-corrected chi connectivity index (χ1v) is 5.72. The molecule has 0 saturated heterocycles. The number of hydrogen-bond acceptors (Lipinski definition) is 2. The van der Waals surface area contributed by atoms with Crippen molar-refractivity contribution in [3.05, 3.63) is 29.8 Å². The number of carbonyl (C=O) groups is 1. The van der Waals surface area contributed by atoms with Crippen molar-refractivity contribution in [2.75, 3.05) is 12.8 Å². The van der Waals surface area contributed by atoms with Crippen molar-refractivity contribution in [3.63, 3.8) is 0 Å². The number of hydrogen-bond donors (Lipinski definition) is 1. The quantitative estimate of drug-likeness (QED) is 0.790. The minimum absolute atomic E-state index is 0.0828. The molecule has 3 nitrogen and oxygen atoms in total. The zero-order chi connectivity index (χ0) is 11.7. The second-order valence-electron chi connectivity index (χ2n) is 4.62. The molecule has 0 aliphatic heterocycles. The molecule has 0 radical (unpaired) electrons. The van der Waals surface area contributed by atoms with Gasteiger partial charge in [-0.15, -0.1) is 0 Å². The predicted octanol–water partition coefficient (Wildman–Crippen LogP) is 2.14. The fourth-order valence-corrected chi connectivity index (χ4v) is 1.91. The normalized spacial score (nSPS) is 16.9. The summed E-state index contributed by atoms with van der Waals surface area (Å²) in [5.74, 6) is 0.780. The summed E-state index contributed by atoms with van der Waals surface area (Å²) in [7, 11) is 1.88. The predicted molar refractivity (Wildman–Crippen MR) is 65.1 cm³/mol. The lowest BCUT2D eigenvalue weighted by Crippen LogP contribution is -2.36. The van der Waals surface area contributed by atoms with Crippen molar-refractivity contribution in [2.45, 2.75) is 25.8 Å². The number of nitrogens with zero attached hydrogens (tertiary/aromatic N) is 1. The van der Waals surface area contributed by atoms with E-state index in [0.717, 1.165) is 0 Å². The maximum absolute atomic E-state index is 12.1. The van der Waals surface area contributed by atoms with Crippen molar-refractivity contribution in [1.82, 2.24) is 4.90 Å². The number of amides is 1. The van der Waals surface area contributed by atoms with Gasteiger partial charge in [0.15, 0.2) is 0 Å². The Labute approximate surface area is 96.2 Å². The van der Waals surface area contributed by atoms with Crippen LogP contribution in [0.4, 0.5) is 5.69 Å². The van der Waals surface area contributed by atoms with Crippen LogP contribution in [-0.4, -0.2) is 23.9 Å². The maximum atomic E-state index is 12.1. The second-order valence-corrected chi connectivity index (χ2v) is 4.62. The third-order valence-corrected chi connectivity index (χ3v) is 3.39. The average Bonchev–Trinajstić information content (AvgIpc) is 3.11. The first-order valence-electron chi connectivity index (χ1n) is 5.72. The van der Waals surface area contributed by atoms with E-state index in [1.54, 1.807) is 24.3 Å². The summed E-state index contributed by atoms with van der Waals surface area (Å²) in [6.45, 7) is 2.12. The molecule has 2 rings (SSSR count). The molecule has 1 aromatic carbocycles. The van der Waals surface area contributed by atoms with Gasteiger partial charge in [0.2, 0.25) is 0 Å². The van der Waals surface area contributed by atoms with E-state index in [4.69, 9.17) is 5.73 Å². The summed E-state index contributed by atoms with van der Waals surface area (Å²) >= 11 is 0. The van der Waals surface area contributed by atoms with Crippen molar-refractivity contribution >= 4 is 11.6 Å². The van der Waals surface area contributed by atoms with Gasteiger partial charge in [-0.3, -0.25) is 4.79 Å². The Morgan fingerprint density at radius 1 is 1.38 bits per heavy atom. The Balaban J connectivity index is 2.08. The SMILES string of the molecule is CC(C1CC1)N(C)C(=O)c1ccc(N)cc1. The maximum Gasteiger partial charge on any atom is 0.253 e. The van der Waals surface area contributed by atoms with Crippen LogP contribution in [0.3, 0.4) is 0 Å². The van der Waals surface area contributed by atoms with E-state index in [1.165, 1.54) is 12.8 Å². The third-order valence-electron chi connectivity index (χ3n) is 3.39. The molecule has 1 aliphatic carbocycles. The van der Waals surface area contributed by atoms with Crippen LogP contribution in [0.1, 0.15) is 30.1 Å². The molecule has 0 bridgehead atoms. The van der Waals surface area contributed by atoms with E-state index in [-0.39, 0.29) is 5.91 Å². The summed E-state index contributed by atoms with van der Waals surface area (Å²) in [5.41, 5.74) is 7.00. The van der Waals surface area contributed by atoms with E-state index in [2.05, 4.69) is 6.92 Å². The van der Waals surface area contributed by atoms with Crippen LogP contribution < -0.4 is 5.73 Å². The number of carbonyl (C=O) groups excluding carboxylic acids is 1. The summed E-state index contributed by atoms with van der Waals surface area (Å²) in [4.78, 5) is 14.0. The molecule has 1 unspecified atom stereocenters. The summed E-state index contributed by atoms with van der Waals surface area (Å²) < 4.78 is 0. The first-order chi connectivity index (χ1) is 7.59. The minimum atomic E-state index is 0.0828. The highest BCUT2D eigenvalue weighted by molar-refractivity contribution is 5.94. The van der Waals surface area contributed by atoms with Crippen LogP contribution >= 0.6 is 0 Å². The van der Waals surface area contributed by atoms with Gasteiger partial charge in [-0.25, -0.2) is 0 Å². The first kappa shape index (κ1) is 11.0. The van der Waals surface area contributed by atoms with E-state index in [0.29, 0.717) is 23.2 Å². The molecule has 2 N–H and O–H groups in total. The fourth-order valence-electron chi connectivity index (χ4n) is 1.91. The number of rotatable bonds is 3. The Morgan fingerprint density at radius 3 is 2.44 bits per heavy atom. The van der Waals surface area contributed by atoms with E-state index >= 15 is 0 Å². The fraction of sp³-hybridized carbons (Fsp3) is 0.462. The Morgan fingerprint density at radius 2 is 1.94 bits per heavy atom. The van der Waals surface area contributed by atoms with Crippen molar-refractivity contribution in [3.8, 4) is 0 Å². The van der Waals surface area contributed by atoms with Crippen molar-refractivity contribution in [2.24, 2.45) is 5.92 Å². The molecule has 86 valence electrons. The van der Waals surface area contributed by atoms with Gasteiger partial charge in [0.1, 0.15) is 0 Å². The molecule has 0 spiro atoms. The summed E-state index contributed by atoms with van der Waals surface area (Å²) in [5, 5.41) is 0. The molecule has 1 amide bonds. The van der Waals surface area contributed by atoms with Gasteiger partial charge in [-0.05, 0) is 49.9 Å². The number of benzene rings is 1. The molecule has 3 heteroatoms. The lowest BCUT2D eigenvalue weighted by atomic mass is 10.1. The van der Waals surface area contributed by atoms with Gasteiger partial charge in [-0.2, -0.15) is 0 Å². The Kier molecular flexibility index (Phi) is 2.86. The monoisotopic (exact) mass is 218 g/mol. The third kappa shape index (κ3) is 2.18. The largest absolute Gasteiger partial charge is 0.399 e. The number of anilines is 1. The lowest BCUT2D eigenvalue weighted by molar-refractivity contribution is 0.0727. The molecule has 1 atom stereocenters. The summed E-state index contributed by atoms with van der Waals surface area (Å²) in [6.07, 6.45) is 2.50. The highest BCUT2D eigenvalue weighted by atomic mass is 16.2. The van der Waals surface area contributed by atoms with Gasteiger partial charge in [0.25, 0.3) is 5.91 Å². The van der Waals surface area contributed by atoms with Crippen molar-refractivity contribution < 1.29 is 4.79 Å². The zero-order valence-corrected chi connectivity index (χ0v) is 9.81. The van der Waals surface area contributed by atoms with Gasteiger partial charge < -0.3 is 10.6 Å². The molecule has 16 heavy (non-hydrogen) atoms. The van der Waals surface area contributed by atoms with Crippen LogP contribution in [0.15, 0.2) is 24.3 Å². The van der Waals surface area contributed by atoms with Crippen LogP contribution in [-0.2, 0) is 0 Å². The standard InChI is InChI=1S/C13H18N2O/c1-9(10-3-4-10)15(2)13(16)11-5-7-12(14)8-6-11/h5-10H,3-4,14H2,1-2H3. The van der Waals surface area contributed by atoms with Crippen LogP contribution in [0.25, 0.3) is 0 Å². The van der Waals surface area contributed by atoms with E-state index in [9.17, 15) is 4.79 Å². The molecular weight excluding hydrogens is 200 g/mol. The zero-order valence-electron chi connectivity index (χ0n) is 9.81. The Hall–Kier alpha value is -1.51. The molecule has 1 aliphatic rings.